The number of thioether (sulfide) groups is 1. The molecule has 29 heavy (non-hydrogen) atoms. The summed E-state index contributed by atoms with van der Waals surface area (Å²) in [5, 5.41) is 3.59. The van der Waals surface area contributed by atoms with Crippen molar-refractivity contribution in [2.75, 3.05) is 42.8 Å². The van der Waals surface area contributed by atoms with Crippen LogP contribution in [0.25, 0.3) is 11.0 Å². The van der Waals surface area contributed by atoms with Crippen molar-refractivity contribution >= 4 is 40.2 Å². The Hall–Kier alpha value is -2.06. The van der Waals surface area contributed by atoms with Crippen LogP contribution in [0.4, 0.5) is 11.5 Å². The molecule has 0 aromatic carbocycles. The van der Waals surface area contributed by atoms with Gasteiger partial charge in [-0.3, -0.25) is 9.78 Å². The minimum atomic E-state index is 0.194. The van der Waals surface area contributed by atoms with E-state index in [1.54, 1.807) is 16.7 Å². The van der Waals surface area contributed by atoms with Gasteiger partial charge in [-0.2, -0.15) is 0 Å². The standard InChI is InChI=1S/C21H30N6OS/c1-26-10-11-27(9-8-20(26)28)16-12-18-17(23-13-16)6-7-19(25-18)24-14-29-21(22)15-4-2-3-5-15/h6-7,12-13,15,21H,2-5,8-11,14,22H2,1H3,(H,24,25). The molecule has 1 saturated heterocycles. The molecule has 1 atom stereocenters. The first-order chi connectivity index (χ1) is 14.1. The quantitative estimate of drug-likeness (QED) is 0.703. The fourth-order valence-corrected chi connectivity index (χ4v) is 5.06. The Morgan fingerprint density at radius 2 is 2.07 bits per heavy atom. The van der Waals surface area contributed by atoms with Crippen molar-refractivity contribution in [3.8, 4) is 0 Å². The van der Waals surface area contributed by atoms with Gasteiger partial charge in [0.2, 0.25) is 5.91 Å². The van der Waals surface area contributed by atoms with E-state index in [9.17, 15) is 4.79 Å². The average Bonchev–Trinajstić information content (AvgIpc) is 3.22. The van der Waals surface area contributed by atoms with E-state index in [0.29, 0.717) is 18.9 Å². The molecule has 0 spiro atoms. The van der Waals surface area contributed by atoms with Crippen LogP contribution < -0.4 is 16.0 Å². The zero-order valence-electron chi connectivity index (χ0n) is 17.0. The molecule has 1 saturated carbocycles. The number of nitrogens with one attached hydrogen (secondary N) is 1. The number of anilines is 2. The maximum Gasteiger partial charge on any atom is 0.224 e. The maximum atomic E-state index is 11.9. The van der Waals surface area contributed by atoms with Crippen LogP contribution in [0.1, 0.15) is 32.1 Å². The van der Waals surface area contributed by atoms with E-state index in [0.717, 1.165) is 41.5 Å². The number of carbonyl (C=O) groups excluding carboxylic acids is 1. The number of hydrogen-bond acceptors (Lipinski definition) is 7. The lowest BCUT2D eigenvalue weighted by molar-refractivity contribution is -0.129. The number of likely N-dealkylation sites (N-methyl/N-ethyl adjacent to an activating group) is 1. The topological polar surface area (TPSA) is 87.4 Å². The van der Waals surface area contributed by atoms with E-state index in [-0.39, 0.29) is 11.3 Å². The van der Waals surface area contributed by atoms with Crippen LogP contribution in [0.3, 0.4) is 0 Å². The van der Waals surface area contributed by atoms with Gasteiger partial charge in [-0.05, 0) is 37.0 Å². The number of nitrogens with zero attached hydrogens (tertiary/aromatic N) is 4. The van der Waals surface area contributed by atoms with E-state index in [4.69, 9.17) is 10.7 Å². The van der Waals surface area contributed by atoms with Gasteiger partial charge in [0.1, 0.15) is 5.82 Å². The molecule has 1 unspecified atom stereocenters. The van der Waals surface area contributed by atoms with E-state index >= 15 is 0 Å². The molecular formula is C21H30N6OS. The van der Waals surface area contributed by atoms with Crippen LogP contribution in [-0.4, -0.2) is 58.7 Å². The summed E-state index contributed by atoms with van der Waals surface area (Å²) in [5.74, 6) is 2.44. The molecule has 1 amide bonds. The number of carbonyl (C=O) groups is 1. The molecule has 0 bridgehead atoms. The number of aromatic nitrogens is 2. The van der Waals surface area contributed by atoms with Crippen LogP contribution in [-0.2, 0) is 4.79 Å². The predicted octanol–water partition coefficient (Wildman–Crippen LogP) is 2.88. The second-order valence-electron chi connectivity index (χ2n) is 7.98. The fraction of sp³-hybridized carbons (Fsp3) is 0.571. The molecule has 156 valence electrons. The molecule has 4 rings (SSSR count). The Kier molecular flexibility index (Phi) is 6.40. The number of pyridine rings is 2. The first kappa shape index (κ1) is 20.2. The molecule has 2 aromatic rings. The molecular weight excluding hydrogens is 384 g/mol. The van der Waals surface area contributed by atoms with Gasteiger partial charge in [-0.15, -0.1) is 11.8 Å². The van der Waals surface area contributed by atoms with E-state index in [1.165, 1.54) is 25.7 Å². The van der Waals surface area contributed by atoms with Crippen LogP contribution in [0.15, 0.2) is 24.4 Å². The van der Waals surface area contributed by atoms with E-state index in [1.807, 2.05) is 25.4 Å². The monoisotopic (exact) mass is 414 g/mol. The maximum absolute atomic E-state index is 11.9. The lowest BCUT2D eigenvalue weighted by Crippen LogP contribution is -2.30. The third kappa shape index (κ3) is 4.93. The molecule has 2 fully saturated rings. The van der Waals surface area contributed by atoms with E-state index < -0.39 is 0 Å². The number of amides is 1. The summed E-state index contributed by atoms with van der Waals surface area (Å²) < 4.78 is 0. The van der Waals surface area contributed by atoms with Crippen molar-refractivity contribution in [3.63, 3.8) is 0 Å². The largest absolute Gasteiger partial charge is 0.368 e. The number of rotatable bonds is 6. The third-order valence-corrected chi connectivity index (χ3v) is 7.09. The average molecular weight is 415 g/mol. The van der Waals surface area contributed by atoms with Crippen LogP contribution >= 0.6 is 11.8 Å². The summed E-state index contributed by atoms with van der Waals surface area (Å²) in [6.07, 6.45) is 7.56. The molecule has 1 aliphatic heterocycles. The molecule has 2 aliphatic rings. The van der Waals surface area contributed by atoms with Gasteiger partial charge in [0.15, 0.2) is 0 Å². The lowest BCUT2D eigenvalue weighted by Gasteiger charge is -2.22. The highest BCUT2D eigenvalue weighted by Gasteiger charge is 2.22. The Morgan fingerprint density at radius 1 is 1.24 bits per heavy atom. The van der Waals surface area contributed by atoms with Crippen molar-refractivity contribution in [3.05, 3.63) is 24.4 Å². The highest BCUT2D eigenvalue weighted by molar-refractivity contribution is 7.99. The smallest absolute Gasteiger partial charge is 0.224 e. The van der Waals surface area contributed by atoms with Gasteiger partial charge in [-0.25, -0.2) is 4.98 Å². The summed E-state index contributed by atoms with van der Waals surface area (Å²) in [7, 11) is 1.86. The van der Waals surface area contributed by atoms with Crippen LogP contribution in [0.2, 0.25) is 0 Å². The Labute approximate surface area is 176 Å². The minimum absolute atomic E-state index is 0.194. The molecule has 3 N–H and O–H groups in total. The summed E-state index contributed by atoms with van der Waals surface area (Å²) in [5.41, 5.74) is 9.08. The Morgan fingerprint density at radius 3 is 2.90 bits per heavy atom. The number of fused-ring (bicyclic) bond motifs is 1. The van der Waals surface area contributed by atoms with Crippen LogP contribution in [0.5, 0.6) is 0 Å². The van der Waals surface area contributed by atoms with Crippen molar-refractivity contribution in [2.45, 2.75) is 37.5 Å². The second kappa shape index (κ2) is 9.17. The Bertz CT molecular complexity index is 856. The van der Waals surface area contributed by atoms with Crippen molar-refractivity contribution in [2.24, 2.45) is 11.7 Å². The second-order valence-corrected chi connectivity index (χ2v) is 9.14. The molecule has 2 aromatic heterocycles. The van der Waals surface area contributed by atoms with E-state index in [2.05, 4.69) is 21.3 Å². The molecule has 7 nitrogen and oxygen atoms in total. The van der Waals surface area contributed by atoms with Gasteiger partial charge in [0.05, 0.1) is 34.2 Å². The Balaban J connectivity index is 1.40. The third-order valence-electron chi connectivity index (χ3n) is 6.01. The predicted molar refractivity (Wildman–Crippen MR) is 120 cm³/mol. The molecule has 3 heterocycles. The minimum Gasteiger partial charge on any atom is -0.368 e. The summed E-state index contributed by atoms with van der Waals surface area (Å²) in [6, 6.07) is 6.03. The molecule has 8 heteroatoms. The summed E-state index contributed by atoms with van der Waals surface area (Å²) in [6.45, 7) is 2.25. The summed E-state index contributed by atoms with van der Waals surface area (Å²) >= 11 is 1.77. The zero-order valence-corrected chi connectivity index (χ0v) is 17.8. The number of hydrogen-bond donors (Lipinski definition) is 2. The first-order valence-electron chi connectivity index (χ1n) is 10.5. The summed E-state index contributed by atoms with van der Waals surface area (Å²) in [4.78, 5) is 25.3. The first-order valence-corrected chi connectivity index (χ1v) is 11.5. The normalized spacial score (nSPS) is 19.6. The van der Waals surface area contributed by atoms with Gasteiger partial charge < -0.3 is 20.9 Å². The van der Waals surface area contributed by atoms with Crippen molar-refractivity contribution < 1.29 is 4.79 Å². The van der Waals surface area contributed by atoms with Crippen LogP contribution in [0, 0.1) is 5.92 Å². The highest BCUT2D eigenvalue weighted by atomic mass is 32.2. The van der Waals surface area contributed by atoms with Crippen molar-refractivity contribution in [1.29, 1.82) is 0 Å². The highest BCUT2D eigenvalue weighted by Crippen LogP contribution is 2.31. The zero-order chi connectivity index (χ0) is 20.2. The van der Waals surface area contributed by atoms with Gasteiger partial charge in [0, 0.05) is 33.1 Å². The molecule has 0 radical (unpaired) electrons. The van der Waals surface area contributed by atoms with Gasteiger partial charge in [0.25, 0.3) is 0 Å². The SMILES string of the molecule is CN1CCN(c2cnc3ccc(NCSC(N)C4CCCC4)nc3c2)CCC1=O. The number of nitrogens with two attached hydrogens (primary N) is 1. The lowest BCUT2D eigenvalue weighted by atomic mass is 10.1. The van der Waals surface area contributed by atoms with Gasteiger partial charge >= 0.3 is 0 Å². The van der Waals surface area contributed by atoms with Crippen molar-refractivity contribution in [1.82, 2.24) is 14.9 Å². The van der Waals surface area contributed by atoms with Gasteiger partial charge in [-0.1, -0.05) is 12.8 Å². The fourth-order valence-electron chi connectivity index (χ4n) is 4.09. The molecule has 1 aliphatic carbocycles.